The van der Waals surface area contributed by atoms with Crippen LogP contribution >= 0.6 is 11.3 Å². The Morgan fingerprint density at radius 2 is 2.03 bits per heavy atom. The third-order valence-electron chi connectivity index (χ3n) is 4.49. The summed E-state index contributed by atoms with van der Waals surface area (Å²) in [5.74, 6) is 0.282. The Kier molecular flexibility index (Phi) is 6.77. The average molecular weight is 413 g/mol. The van der Waals surface area contributed by atoms with Crippen molar-refractivity contribution in [2.24, 2.45) is 4.99 Å². The van der Waals surface area contributed by atoms with Crippen LogP contribution in [0.25, 0.3) is 10.2 Å². The monoisotopic (exact) mass is 413 g/mol. The highest BCUT2D eigenvalue weighted by Crippen LogP contribution is 2.23. The average Bonchev–Trinajstić information content (AvgIpc) is 3.07. The molecule has 0 atom stereocenters. The van der Waals surface area contributed by atoms with Gasteiger partial charge in [-0.1, -0.05) is 37.2 Å². The Balaban J connectivity index is 1.90. The van der Waals surface area contributed by atoms with E-state index >= 15 is 0 Å². The summed E-state index contributed by atoms with van der Waals surface area (Å²) >= 11 is 1.27. The molecule has 7 nitrogen and oxygen atoms in total. The zero-order chi connectivity index (χ0) is 20.8. The van der Waals surface area contributed by atoms with E-state index in [1.807, 2.05) is 17.6 Å². The van der Waals surface area contributed by atoms with Crippen LogP contribution in [0.4, 0.5) is 5.69 Å². The number of fused-ring (bicyclic) bond motifs is 1. The van der Waals surface area contributed by atoms with Crippen molar-refractivity contribution in [3.05, 3.63) is 62.9 Å². The molecule has 1 aromatic heterocycles. The molecule has 3 rings (SSSR count). The van der Waals surface area contributed by atoms with E-state index in [0.717, 1.165) is 29.5 Å². The standard InChI is InChI=1S/C21H23N3O4S/c1-3-5-6-12-28-17-9-7-8-15(13-17)20(25)22-21-23(4-2)18-11-10-16(24(26)27)14-19(18)29-21/h7-11,13-14H,3-6,12H2,1-2H3. The summed E-state index contributed by atoms with van der Waals surface area (Å²) in [6, 6.07) is 11.7. The molecular formula is C21H23N3O4S. The summed E-state index contributed by atoms with van der Waals surface area (Å²) in [6.07, 6.45) is 3.20. The Bertz CT molecular complexity index is 1100. The second kappa shape index (κ2) is 9.47. The number of nitro benzene ring substituents is 1. The van der Waals surface area contributed by atoms with E-state index in [2.05, 4.69) is 11.9 Å². The zero-order valence-electron chi connectivity index (χ0n) is 16.5. The van der Waals surface area contributed by atoms with Crippen molar-refractivity contribution in [3.63, 3.8) is 0 Å². The fourth-order valence-corrected chi connectivity index (χ4v) is 4.10. The van der Waals surface area contributed by atoms with Crippen LogP contribution in [0.2, 0.25) is 0 Å². The topological polar surface area (TPSA) is 86.7 Å². The van der Waals surface area contributed by atoms with Crippen LogP contribution in [0.5, 0.6) is 5.75 Å². The number of carbonyl (C=O) groups is 1. The number of unbranched alkanes of at least 4 members (excludes halogenated alkanes) is 2. The fraction of sp³-hybridized carbons (Fsp3) is 0.333. The Labute approximate surface area is 172 Å². The van der Waals surface area contributed by atoms with Crippen molar-refractivity contribution >= 4 is 33.1 Å². The van der Waals surface area contributed by atoms with Crippen LogP contribution in [-0.4, -0.2) is 22.0 Å². The van der Waals surface area contributed by atoms with E-state index in [1.54, 1.807) is 24.3 Å². The van der Waals surface area contributed by atoms with E-state index in [-0.39, 0.29) is 11.6 Å². The van der Waals surface area contributed by atoms with E-state index in [1.165, 1.54) is 23.5 Å². The number of hydrogen-bond acceptors (Lipinski definition) is 5. The molecule has 0 saturated heterocycles. The molecule has 0 unspecified atom stereocenters. The molecule has 0 fully saturated rings. The number of thiazole rings is 1. The molecule has 152 valence electrons. The smallest absolute Gasteiger partial charge is 0.279 e. The minimum absolute atomic E-state index is 0.0211. The fourth-order valence-electron chi connectivity index (χ4n) is 2.98. The maximum atomic E-state index is 12.7. The van der Waals surface area contributed by atoms with Crippen molar-refractivity contribution in [2.75, 3.05) is 6.61 Å². The number of rotatable bonds is 8. The highest BCUT2D eigenvalue weighted by molar-refractivity contribution is 7.16. The van der Waals surface area contributed by atoms with E-state index < -0.39 is 4.92 Å². The first-order valence-corrected chi connectivity index (χ1v) is 10.4. The Hall–Kier alpha value is -3.00. The maximum Gasteiger partial charge on any atom is 0.279 e. The third kappa shape index (κ3) is 4.89. The lowest BCUT2D eigenvalue weighted by Crippen LogP contribution is -2.15. The third-order valence-corrected chi connectivity index (χ3v) is 5.53. The largest absolute Gasteiger partial charge is 0.494 e. The van der Waals surface area contributed by atoms with E-state index in [9.17, 15) is 14.9 Å². The van der Waals surface area contributed by atoms with Crippen LogP contribution in [0.15, 0.2) is 47.5 Å². The molecule has 3 aromatic rings. The van der Waals surface area contributed by atoms with Crippen LogP contribution in [0.1, 0.15) is 43.5 Å². The first kappa shape index (κ1) is 20.7. The summed E-state index contributed by atoms with van der Waals surface area (Å²) in [5.41, 5.74) is 1.29. The molecule has 1 amide bonds. The number of nitrogens with zero attached hydrogens (tertiary/aromatic N) is 3. The number of aryl methyl sites for hydroxylation is 1. The predicted octanol–water partition coefficient (Wildman–Crippen LogP) is 4.94. The molecule has 29 heavy (non-hydrogen) atoms. The zero-order valence-corrected chi connectivity index (χ0v) is 17.3. The summed E-state index contributed by atoms with van der Waals surface area (Å²) in [6.45, 7) is 5.30. The number of aromatic nitrogens is 1. The molecule has 0 aliphatic rings. The Morgan fingerprint density at radius 3 is 2.76 bits per heavy atom. The van der Waals surface area contributed by atoms with Crippen molar-refractivity contribution in [1.82, 2.24) is 4.57 Å². The first-order chi connectivity index (χ1) is 14.0. The van der Waals surface area contributed by atoms with Crippen LogP contribution in [0, 0.1) is 10.1 Å². The van der Waals surface area contributed by atoms with Gasteiger partial charge in [0.1, 0.15) is 5.75 Å². The second-order valence-electron chi connectivity index (χ2n) is 6.54. The number of non-ortho nitro benzene ring substituents is 1. The highest BCUT2D eigenvalue weighted by Gasteiger charge is 2.13. The van der Waals surface area contributed by atoms with Gasteiger partial charge in [-0.2, -0.15) is 4.99 Å². The molecule has 0 spiro atoms. The summed E-state index contributed by atoms with van der Waals surface area (Å²) in [4.78, 5) is 28.1. The summed E-state index contributed by atoms with van der Waals surface area (Å²) < 4.78 is 8.32. The molecule has 0 saturated carbocycles. The van der Waals surface area contributed by atoms with Gasteiger partial charge in [0.05, 0.1) is 21.7 Å². The normalized spacial score (nSPS) is 11.7. The van der Waals surface area contributed by atoms with Crippen molar-refractivity contribution in [1.29, 1.82) is 0 Å². The Morgan fingerprint density at radius 1 is 1.21 bits per heavy atom. The van der Waals surface area contributed by atoms with Gasteiger partial charge in [-0.05, 0) is 37.6 Å². The lowest BCUT2D eigenvalue weighted by Gasteiger charge is -2.06. The molecule has 0 aliphatic carbocycles. The number of carbonyl (C=O) groups excluding carboxylic acids is 1. The van der Waals surface area contributed by atoms with Gasteiger partial charge in [0.2, 0.25) is 0 Å². The van der Waals surface area contributed by atoms with Gasteiger partial charge >= 0.3 is 0 Å². The highest BCUT2D eigenvalue weighted by atomic mass is 32.1. The SMILES string of the molecule is CCCCCOc1cccc(C(=O)N=c2sc3cc([N+](=O)[O-])ccc3n2CC)c1. The molecule has 0 radical (unpaired) electrons. The summed E-state index contributed by atoms with van der Waals surface area (Å²) in [5, 5.41) is 11.0. The van der Waals surface area contributed by atoms with Crippen molar-refractivity contribution in [2.45, 2.75) is 39.7 Å². The lowest BCUT2D eigenvalue weighted by molar-refractivity contribution is -0.384. The molecule has 0 aliphatic heterocycles. The number of ether oxygens (including phenoxy) is 1. The van der Waals surface area contributed by atoms with Crippen LogP contribution < -0.4 is 9.54 Å². The van der Waals surface area contributed by atoms with Gasteiger partial charge in [-0.25, -0.2) is 0 Å². The van der Waals surface area contributed by atoms with Gasteiger partial charge in [-0.3, -0.25) is 14.9 Å². The molecular weight excluding hydrogens is 390 g/mol. The number of benzene rings is 2. The van der Waals surface area contributed by atoms with Crippen molar-refractivity contribution < 1.29 is 14.5 Å². The van der Waals surface area contributed by atoms with Gasteiger partial charge in [-0.15, -0.1) is 0 Å². The molecule has 0 bridgehead atoms. The van der Waals surface area contributed by atoms with Gasteiger partial charge < -0.3 is 9.30 Å². The van der Waals surface area contributed by atoms with Gasteiger partial charge in [0.25, 0.3) is 11.6 Å². The van der Waals surface area contributed by atoms with Crippen LogP contribution in [0.3, 0.4) is 0 Å². The number of hydrogen-bond donors (Lipinski definition) is 0. The molecule has 1 heterocycles. The van der Waals surface area contributed by atoms with E-state index in [4.69, 9.17) is 4.74 Å². The van der Waals surface area contributed by atoms with Crippen LogP contribution in [-0.2, 0) is 6.54 Å². The predicted molar refractivity (Wildman–Crippen MR) is 113 cm³/mol. The quantitative estimate of drug-likeness (QED) is 0.297. The molecule has 2 aromatic carbocycles. The molecule has 8 heteroatoms. The lowest BCUT2D eigenvalue weighted by atomic mass is 10.2. The minimum Gasteiger partial charge on any atom is -0.494 e. The van der Waals surface area contributed by atoms with Gasteiger partial charge in [0.15, 0.2) is 4.80 Å². The molecule has 0 N–H and O–H groups in total. The first-order valence-electron chi connectivity index (χ1n) is 9.63. The second-order valence-corrected chi connectivity index (χ2v) is 7.55. The summed E-state index contributed by atoms with van der Waals surface area (Å²) in [7, 11) is 0. The van der Waals surface area contributed by atoms with E-state index in [0.29, 0.717) is 29.3 Å². The number of nitro groups is 1. The van der Waals surface area contributed by atoms with Crippen molar-refractivity contribution in [3.8, 4) is 5.75 Å². The number of amides is 1. The maximum absolute atomic E-state index is 12.7. The minimum atomic E-state index is -0.427. The van der Waals surface area contributed by atoms with Gasteiger partial charge in [0, 0.05) is 24.2 Å².